The van der Waals surface area contributed by atoms with E-state index < -0.39 is 42.2 Å². The molecular weight excluding hydrogens is 1000 g/mol. The summed E-state index contributed by atoms with van der Waals surface area (Å²) >= 11 is 0. The maximum atomic E-state index is 14.4. The highest BCUT2D eigenvalue weighted by atomic mass is 16.6. The van der Waals surface area contributed by atoms with E-state index in [1.807, 2.05) is 45.3 Å². The number of ketones is 1. The lowest BCUT2D eigenvalue weighted by Crippen LogP contribution is -2.50. The molecule has 1 aliphatic carbocycles. The molecule has 1 saturated heterocycles. The van der Waals surface area contributed by atoms with Crippen molar-refractivity contribution in [2.24, 2.45) is 17.3 Å². The second kappa shape index (κ2) is 23.4. The number of carbonyl (C=O) groups is 6. The predicted octanol–water partition coefficient (Wildman–Crippen LogP) is 7.41. The molecule has 78 heavy (non-hydrogen) atoms. The minimum absolute atomic E-state index is 0.0117. The largest absolute Gasteiger partial charge is 0.493 e. The van der Waals surface area contributed by atoms with Gasteiger partial charge in [-0.1, -0.05) is 56.8 Å². The highest BCUT2D eigenvalue weighted by Gasteiger charge is 2.58. The highest BCUT2D eigenvalue weighted by Crippen LogP contribution is 2.57. The number of aliphatic hydroxyl groups is 1. The fourth-order valence-electron chi connectivity index (χ4n) is 10.6. The molecule has 4 amide bonds. The van der Waals surface area contributed by atoms with Crippen molar-refractivity contribution in [3.05, 3.63) is 119 Å². The Morgan fingerprint density at radius 3 is 2.24 bits per heavy atom. The van der Waals surface area contributed by atoms with E-state index >= 15 is 0 Å². The van der Waals surface area contributed by atoms with E-state index in [4.69, 9.17) is 28.4 Å². The van der Waals surface area contributed by atoms with Crippen LogP contribution in [0.2, 0.25) is 0 Å². The van der Waals surface area contributed by atoms with Crippen molar-refractivity contribution in [2.75, 3.05) is 57.3 Å². The summed E-state index contributed by atoms with van der Waals surface area (Å²) in [4.78, 5) is 90.2. The van der Waals surface area contributed by atoms with Crippen molar-refractivity contribution in [2.45, 2.75) is 104 Å². The number of aryl methyl sites for hydroxylation is 1. The van der Waals surface area contributed by atoms with Crippen LogP contribution in [-0.4, -0.2) is 127 Å². The first-order chi connectivity index (χ1) is 37.5. The number of nitrogens with one attached hydrogen (secondary N) is 2. The van der Waals surface area contributed by atoms with Crippen LogP contribution in [-0.2, 0) is 36.9 Å². The van der Waals surface area contributed by atoms with Gasteiger partial charge in [0.15, 0.2) is 35.0 Å². The molecule has 3 aromatic carbocycles. The number of ether oxygens (including phenoxy) is 6. The first kappa shape index (κ1) is 54.8. The number of pyridine rings is 1. The number of Topliss-reactive ketones (excluding diaryl/α,β-unsaturated/α-hetero) is 1. The van der Waals surface area contributed by atoms with E-state index in [9.17, 15) is 33.9 Å². The van der Waals surface area contributed by atoms with E-state index in [0.717, 1.165) is 34.6 Å². The van der Waals surface area contributed by atoms with Crippen molar-refractivity contribution in [1.29, 1.82) is 0 Å². The average molecular weight is 1070 g/mol. The number of esters is 1. The van der Waals surface area contributed by atoms with Crippen molar-refractivity contribution in [1.82, 2.24) is 20.1 Å². The van der Waals surface area contributed by atoms with Gasteiger partial charge >= 0.3 is 12.1 Å². The second-order valence-corrected chi connectivity index (χ2v) is 21.2. The van der Waals surface area contributed by atoms with Crippen molar-refractivity contribution < 1.29 is 62.3 Å². The Kier molecular flexibility index (Phi) is 16.4. The van der Waals surface area contributed by atoms with Crippen LogP contribution in [0.4, 0.5) is 16.2 Å². The number of methoxy groups -OCH3 is 2. The van der Waals surface area contributed by atoms with Crippen LogP contribution in [0.25, 0.3) is 5.57 Å². The Hall–Kier alpha value is -7.93. The minimum atomic E-state index is -1.45. The molecular formula is C59H68N6O13. The van der Waals surface area contributed by atoms with Crippen molar-refractivity contribution >= 4 is 52.5 Å². The first-order valence-electron chi connectivity index (χ1n) is 26.5. The molecule has 1 saturated carbocycles. The van der Waals surface area contributed by atoms with Gasteiger partial charge in [-0.2, -0.15) is 0 Å². The normalized spacial score (nSPS) is 19.4. The molecule has 5 atom stereocenters. The fraction of sp³-hybridized carbons (Fsp3) is 0.441. The summed E-state index contributed by atoms with van der Waals surface area (Å²) in [7, 11) is 2.97. The standard InChI is InChI=1S/C59H68N6O13/c1-8-18-77-53(67)25-42(34(2)3)54(68)62-36(5)48(66)21-37-11-13-38(14-12-37)32-78-58(72)65-46-27-52(50(74-7)24-44(46)56(70)64-33-59(16-17-59)28-47(64)57(65)71)76-20-9-19-75-51-26-45-43(23-49(51)73-6)55(69)63-31-40(22-41(63)30-61-45)39-15-10-35(4)60-29-39/h8,10-15,23-24,26-27,29,31,34,36,41-42,47,57,61,71H,1,9,16-22,25,28,30,32-33H2,2-7H3,(H,62,68)/t36-,41-,42-,47-,57?/m0/s1. The van der Waals surface area contributed by atoms with Crippen LogP contribution in [0.15, 0.2) is 85.7 Å². The maximum Gasteiger partial charge on any atom is 0.416 e. The van der Waals surface area contributed by atoms with Crippen LogP contribution < -0.4 is 34.5 Å². The Morgan fingerprint density at radius 1 is 0.897 bits per heavy atom. The topological polar surface area (TPSA) is 225 Å². The van der Waals surface area contributed by atoms with Gasteiger partial charge < -0.3 is 54.0 Å². The minimum Gasteiger partial charge on any atom is -0.493 e. The maximum absolute atomic E-state index is 14.4. The van der Waals surface area contributed by atoms with Gasteiger partial charge in [0.25, 0.3) is 11.8 Å². The lowest BCUT2D eigenvalue weighted by molar-refractivity contribution is -0.146. The van der Waals surface area contributed by atoms with Gasteiger partial charge in [0.2, 0.25) is 5.91 Å². The smallest absolute Gasteiger partial charge is 0.416 e. The van der Waals surface area contributed by atoms with E-state index in [1.165, 1.54) is 32.4 Å². The third-order valence-corrected chi connectivity index (χ3v) is 15.4. The number of hydrogen-bond acceptors (Lipinski definition) is 15. The first-order valence-corrected chi connectivity index (χ1v) is 26.5. The zero-order chi connectivity index (χ0) is 55.4. The third kappa shape index (κ3) is 11.8. The van der Waals surface area contributed by atoms with Crippen LogP contribution in [0, 0.1) is 24.2 Å². The summed E-state index contributed by atoms with van der Waals surface area (Å²) in [6, 6.07) is 15.8. The molecule has 4 aliphatic heterocycles. The molecule has 19 heteroatoms. The van der Waals surface area contributed by atoms with E-state index in [2.05, 4.69) is 22.2 Å². The molecule has 2 fully saturated rings. The highest BCUT2D eigenvalue weighted by molar-refractivity contribution is 6.06. The van der Waals surface area contributed by atoms with Gasteiger partial charge in [0.05, 0.1) is 80.4 Å². The Morgan fingerprint density at radius 2 is 1.59 bits per heavy atom. The molecule has 0 radical (unpaired) electrons. The number of amides is 4. The number of hydrogen-bond donors (Lipinski definition) is 3. The number of nitrogens with zero attached hydrogens (tertiary/aromatic N) is 4. The Bertz CT molecular complexity index is 2990. The molecule has 9 rings (SSSR count). The molecule has 412 valence electrons. The van der Waals surface area contributed by atoms with Gasteiger partial charge in [-0.25, -0.2) is 9.69 Å². The molecule has 1 spiro atoms. The van der Waals surface area contributed by atoms with Crippen LogP contribution in [0.1, 0.15) is 102 Å². The summed E-state index contributed by atoms with van der Waals surface area (Å²) in [5, 5.41) is 18.3. The van der Waals surface area contributed by atoms with Crippen LogP contribution in [0.5, 0.6) is 23.0 Å². The zero-order valence-electron chi connectivity index (χ0n) is 45.0. The number of aromatic nitrogens is 1. The third-order valence-electron chi connectivity index (χ3n) is 15.4. The van der Waals surface area contributed by atoms with Gasteiger partial charge in [0.1, 0.15) is 13.2 Å². The number of carbonyl (C=O) groups excluding carboxylic acids is 6. The average Bonchev–Trinajstić information content (AvgIpc) is 4.10. The van der Waals surface area contributed by atoms with Gasteiger partial charge in [-0.3, -0.25) is 29.0 Å². The predicted molar refractivity (Wildman–Crippen MR) is 288 cm³/mol. The SMILES string of the molecule is C=CCOC(=O)C[C@H](C(=O)N[C@@H](C)C(=O)Cc1ccc(COC(=O)N2c3cc(OCCCOc4cc5c(cc4OC)C(=O)N4C=C(c6ccc(C)nc6)C[C@H]4CN5)c(OC)cc3C(=O)N3CC4(CC4)C[C@H]3C2O)cc1)C(C)C. The van der Waals surface area contributed by atoms with Gasteiger partial charge in [-0.05, 0) is 91.3 Å². The summed E-state index contributed by atoms with van der Waals surface area (Å²) in [6.07, 6.45) is 6.17. The van der Waals surface area contributed by atoms with Gasteiger partial charge in [-0.15, -0.1) is 0 Å². The fourth-order valence-corrected chi connectivity index (χ4v) is 10.6. The van der Waals surface area contributed by atoms with Gasteiger partial charge in [0, 0.05) is 56.2 Å². The number of aliphatic hydroxyl groups excluding tert-OH is 1. The monoisotopic (exact) mass is 1070 g/mol. The number of fused-ring (bicyclic) bond motifs is 4. The lowest BCUT2D eigenvalue weighted by Gasteiger charge is -2.31. The summed E-state index contributed by atoms with van der Waals surface area (Å²) < 4.78 is 34.9. The summed E-state index contributed by atoms with van der Waals surface area (Å²) in [5.41, 5.74) is 5.44. The van der Waals surface area contributed by atoms with Crippen LogP contribution in [0.3, 0.4) is 0 Å². The van der Waals surface area contributed by atoms with E-state index in [-0.39, 0.29) is 97.0 Å². The Labute approximate surface area is 453 Å². The number of anilines is 2. The summed E-state index contributed by atoms with van der Waals surface area (Å²) in [5.74, 6) is -1.23. The van der Waals surface area contributed by atoms with Crippen molar-refractivity contribution in [3.8, 4) is 23.0 Å². The molecule has 0 bridgehead atoms. The number of rotatable bonds is 21. The van der Waals surface area contributed by atoms with E-state index in [1.54, 1.807) is 53.1 Å². The van der Waals surface area contributed by atoms with E-state index in [0.29, 0.717) is 66.2 Å². The molecule has 1 aromatic heterocycles. The molecule has 19 nitrogen and oxygen atoms in total. The second-order valence-electron chi connectivity index (χ2n) is 21.2. The van der Waals surface area contributed by atoms with Crippen LogP contribution >= 0.6 is 0 Å². The molecule has 1 unspecified atom stereocenters. The number of benzene rings is 3. The zero-order valence-corrected chi connectivity index (χ0v) is 45.0. The quantitative estimate of drug-likeness (QED) is 0.0420. The summed E-state index contributed by atoms with van der Waals surface area (Å²) in [6.45, 7) is 11.9. The molecule has 4 aromatic rings. The van der Waals surface area contributed by atoms with Crippen molar-refractivity contribution in [3.63, 3.8) is 0 Å². The molecule has 3 N–H and O–H groups in total. The molecule has 5 aliphatic rings. The Balaban J connectivity index is 0.838. The lowest BCUT2D eigenvalue weighted by atomic mass is 9.91. The molecule has 5 heterocycles.